The number of nitrogens with two attached hydrogens (primary N) is 2. The molecule has 31 heavy (non-hydrogen) atoms. The lowest BCUT2D eigenvalue weighted by Gasteiger charge is -2.24. The molecular weight excluding hydrogens is 430 g/mol. The smallest absolute Gasteiger partial charge is 0.222 e. The minimum Gasteiger partial charge on any atom is -0.368 e. The molecule has 0 amide bonds. The van der Waals surface area contributed by atoms with Gasteiger partial charge in [0.25, 0.3) is 0 Å². The van der Waals surface area contributed by atoms with E-state index in [1.807, 2.05) is 25.3 Å². The maximum Gasteiger partial charge on any atom is 0.222 e. The van der Waals surface area contributed by atoms with Gasteiger partial charge in [-0.1, -0.05) is 23.7 Å². The number of nitrogens with zero attached hydrogens (tertiary/aromatic N) is 5. The molecule has 1 aliphatic heterocycles. The van der Waals surface area contributed by atoms with Crippen LogP contribution in [-0.4, -0.2) is 39.1 Å². The predicted molar refractivity (Wildman–Crippen MR) is 125 cm³/mol. The van der Waals surface area contributed by atoms with Crippen molar-refractivity contribution in [2.45, 2.75) is 13.0 Å². The Balaban J connectivity index is 1.59. The molecule has 3 aromatic heterocycles. The zero-order valence-corrected chi connectivity index (χ0v) is 18.4. The Hall–Kier alpha value is -2.81. The first kappa shape index (κ1) is 18.9. The van der Waals surface area contributed by atoms with E-state index in [9.17, 15) is 0 Å². The Labute approximate surface area is 188 Å². The first-order valence-electron chi connectivity index (χ1n) is 10.1. The molecule has 1 aliphatic carbocycles. The third kappa shape index (κ3) is 3.05. The van der Waals surface area contributed by atoms with Crippen molar-refractivity contribution in [3.63, 3.8) is 0 Å². The minimum absolute atomic E-state index is 0.212. The molecule has 1 saturated carbocycles. The van der Waals surface area contributed by atoms with Gasteiger partial charge >= 0.3 is 0 Å². The van der Waals surface area contributed by atoms with Crippen molar-refractivity contribution in [1.29, 1.82) is 0 Å². The van der Waals surface area contributed by atoms with Crippen LogP contribution in [-0.2, 0) is 0 Å². The average molecular weight is 450 g/mol. The molecule has 4 heterocycles. The third-order valence-corrected chi connectivity index (χ3v) is 7.56. The van der Waals surface area contributed by atoms with Gasteiger partial charge in [0, 0.05) is 58.6 Å². The lowest BCUT2D eigenvalue weighted by atomic mass is 9.98. The number of pyridine rings is 1. The molecule has 2 fully saturated rings. The number of halogens is 1. The zero-order chi connectivity index (χ0) is 21.3. The molecule has 1 unspecified atom stereocenters. The molecule has 6 rings (SSSR count). The quantitative estimate of drug-likeness (QED) is 0.490. The van der Waals surface area contributed by atoms with Crippen molar-refractivity contribution in [2.75, 3.05) is 23.7 Å². The molecule has 3 atom stereocenters. The second kappa shape index (κ2) is 6.85. The van der Waals surface area contributed by atoms with Crippen LogP contribution >= 0.6 is 22.9 Å². The van der Waals surface area contributed by atoms with E-state index < -0.39 is 0 Å². The van der Waals surface area contributed by atoms with Crippen molar-refractivity contribution in [3.05, 3.63) is 46.7 Å². The first-order valence-corrected chi connectivity index (χ1v) is 11.3. The highest BCUT2D eigenvalue weighted by Gasteiger charge is 2.54. The van der Waals surface area contributed by atoms with Crippen LogP contribution in [0.15, 0.2) is 36.7 Å². The number of anilines is 2. The molecule has 9 heteroatoms. The fourth-order valence-corrected chi connectivity index (χ4v) is 5.71. The molecule has 7 nitrogen and oxygen atoms in total. The van der Waals surface area contributed by atoms with E-state index in [2.05, 4.69) is 32.0 Å². The molecule has 0 radical (unpaired) electrons. The number of fused-ring (bicyclic) bond motifs is 2. The van der Waals surface area contributed by atoms with Crippen LogP contribution in [0.4, 0.5) is 11.8 Å². The molecule has 1 aromatic carbocycles. The number of hydrogen-bond acceptors (Lipinski definition) is 8. The Morgan fingerprint density at radius 3 is 2.65 bits per heavy atom. The third-order valence-electron chi connectivity index (χ3n) is 6.30. The van der Waals surface area contributed by atoms with Crippen molar-refractivity contribution in [1.82, 2.24) is 19.9 Å². The van der Waals surface area contributed by atoms with Crippen LogP contribution in [0.5, 0.6) is 0 Å². The Bertz CT molecular complexity index is 1320. The van der Waals surface area contributed by atoms with E-state index in [0.29, 0.717) is 28.5 Å². The van der Waals surface area contributed by atoms with Crippen LogP contribution in [0.25, 0.3) is 32.6 Å². The predicted octanol–water partition coefficient (Wildman–Crippen LogP) is 3.75. The number of nitrogen functional groups attached to an aromatic ring is 1. The van der Waals surface area contributed by atoms with Crippen molar-refractivity contribution < 1.29 is 0 Å². The number of piperidine rings is 1. The van der Waals surface area contributed by atoms with Crippen molar-refractivity contribution in [3.8, 4) is 21.6 Å². The maximum atomic E-state index is 6.80. The monoisotopic (exact) mass is 449 g/mol. The highest BCUT2D eigenvalue weighted by atomic mass is 35.5. The molecule has 0 bridgehead atoms. The molecule has 4 aromatic rings. The summed E-state index contributed by atoms with van der Waals surface area (Å²) in [5.74, 6) is 2.12. The summed E-state index contributed by atoms with van der Waals surface area (Å²) in [6.45, 7) is 3.78. The second-order valence-corrected chi connectivity index (χ2v) is 9.86. The summed E-state index contributed by atoms with van der Waals surface area (Å²) in [6, 6.07) is 8.34. The van der Waals surface area contributed by atoms with Crippen molar-refractivity contribution >= 4 is 45.7 Å². The van der Waals surface area contributed by atoms with Crippen LogP contribution in [0.1, 0.15) is 5.01 Å². The van der Waals surface area contributed by atoms with E-state index in [-0.39, 0.29) is 5.95 Å². The first-order chi connectivity index (χ1) is 15.0. The zero-order valence-electron chi connectivity index (χ0n) is 16.8. The van der Waals surface area contributed by atoms with Gasteiger partial charge in [0.05, 0.1) is 9.88 Å². The summed E-state index contributed by atoms with van der Waals surface area (Å²) < 4.78 is 0. The fraction of sp³-hybridized carbons (Fsp3) is 0.273. The summed E-state index contributed by atoms with van der Waals surface area (Å²) >= 11 is 8.45. The van der Waals surface area contributed by atoms with E-state index in [1.54, 1.807) is 17.5 Å². The van der Waals surface area contributed by atoms with Gasteiger partial charge in [0.15, 0.2) is 5.65 Å². The van der Waals surface area contributed by atoms with E-state index >= 15 is 0 Å². The number of aryl methyl sites for hydroxylation is 1. The molecule has 156 valence electrons. The summed E-state index contributed by atoms with van der Waals surface area (Å²) in [7, 11) is 0. The standard InChI is InChI=1S/C22H20ClN7S/c1-10-26-7-17(31-10)12-3-2-4-16(23)18(12)13-5-11-6-27-22(25)29-20(11)28-21(13)30-8-14-15(9-30)19(14)24/h2-7,14-15,19H,8-9,24H2,1H3,(H2,25,27,28,29)/t14-,15+,19?. The van der Waals surface area contributed by atoms with Crippen LogP contribution in [0, 0.1) is 18.8 Å². The van der Waals surface area contributed by atoms with Crippen LogP contribution < -0.4 is 16.4 Å². The van der Waals surface area contributed by atoms with Crippen LogP contribution in [0.3, 0.4) is 0 Å². The molecule has 2 aliphatic rings. The van der Waals surface area contributed by atoms with Gasteiger partial charge in [-0.3, -0.25) is 0 Å². The van der Waals surface area contributed by atoms with Gasteiger partial charge in [-0.25, -0.2) is 15.0 Å². The van der Waals surface area contributed by atoms with Gasteiger partial charge in [-0.05, 0) is 30.9 Å². The lowest BCUT2D eigenvalue weighted by molar-refractivity contribution is 0.737. The molecular formula is C22H20ClN7S. The lowest BCUT2D eigenvalue weighted by Crippen LogP contribution is -2.29. The molecule has 0 spiro atoms. The number of hydrogen-bond donors (Lipinski definition) is 2. The van der Waals surface area contributed by atoms with Gasteiger partial charge < -0.3 is 16.4 Å². The molecule has 1 saturated heterocycles. The number of rotatable bonds is 3. The van der Waals surface area contributed by atoms with E-state index in [4.69, 9.17) is 28.1 Å². The molecule has 4 N–H and O–H groups in total. The largest absolute Gasteiger partial charge is 0.368 e. The SMILES string of the molecule is Cc1ncc(-c2cccc(Cl)c2-c2cc3cnc(N)nc3nc2N2C[C@@H]3C(N)[C@@H]3C2)s1. The topological polar surface area (TPSA) is 107 Å². The summed E-state index contributed by atoms with van der Waals surface area (Å²) in [5, 5.41) is 2.50. The van der Waals surface area contributed by atoms with Gasteiger partial charge in [0.2, 0.25) is 5.95 Å². The highest BCUT2D eigenvalue weighted by Crippen LogP contribution is 2.49. The highest BCUT2D eigenvalue weighted by molar-refractivity contribution is 7.15. The van der Waals surface area contributed by atoms with Crippen molar-refractivity contribution in [2.24, 2.45) is 17.6 Å². The van der Waals surface area contributed by atoms with Gasteiger partial charge in [-0.2, -0.15) is 4.98 Å². The Morgan fingerprint density at radius 2 is 1.90 bits per heavy atom. The maximum absolute atomic E-state index is 6.80. The second-order valence-electron chi connectivity index (χ2n) is 8.22. The average Bonchev–Trinajstić information content (AvgIpc) is 3.13. The van der Waals surface area contributed by atoms with Gasteiger partial charge in [-0.15, -0.1) is 11.3 Å². The summed E-state index contributed by atoms with van der Waals surface area (Å²) in [6.07, 6.45) is 3.61. The fourth-order valence-electron chi connectivity index (χ4n) is 4.63. The number of aromatic nitrogens is 4. The van der Waals surface area contributed by atoms with E-state index in [1.165, 1.54) is 0 Å². The van der Waals surface area contributed by atoms with Crippen LogP contribution in [0.2, 0.25) is 5.02 Å². The Morgan fingerprint density at radius 1 is 1.10 bits per heavy atom. The van der Waals surface area contributed by atoms with Gasteiger partial charge in [0.1, 0.15) is 5.82 Å². The summed E-state index contributed by atoms with van der Waals surface area (Å²) in [4.78, 5) is 21.3. The minimum atomic E-state index is 0.212. The normalized spacial score (nSPS) is 22.2. The summed E-state index contributed by atoms with van der Waals surface area (Å²) in [5.41, 5.74) is 15.5. The van der Waals surface area contributed by atoms with E-state index in [0.717, 1.165) is 50.9 Å². The number of benzene rings is 1. The number of thiazole rings is 1. The Kier molecular flexibility index (Phi) is 4.18.